The number of carbonyl (C=O) groups is 1. The first kappa shape index (κ1) is 19.6. The minimum absolute atomic E-state index is 0.0228. The molecule has 0 unspecified atom stereocenters. The first-order valence-electron chi connectivity index (χ1n) is 10.1. The fourth-order valence-electron chi connectivity index (χ4n) is 4.20. The monoisotopic (exact) mass is 407 g/mol. The van der Waals surface area contributed by atoms with Crippen LogP contribution in [-0.2, 0) is 11.3 Å². The van der Waals surface area contributed by atoms with Gasteiger partial charge in [-0.05, 0) is 80.6 Å². The van der Waals surface area contributed by atoms with Crippen molar-refractivity contribution in [1.29, 1.82) is 0 Å². The molecule has 1 fully saturated rings. The molecule has 0 atom stereocenters. The van der Waals surface area contributed by atoms with E-state index in [0.717, 1.165) is 42.5 Å². The lowest BCUT2D eigenvalue weighted by Crippen LogP contribution is -2.31. The van der Waals surface area contributed by atoms with E-state index in [1.165, 1.54) is 0 Å². The highest BCUT2D eigenvalue weighted by atomic mass is 32.1. The van der Waals surface area contributed by atoms with Crippen molar-refractivity contribution >= 4 is 34.7 Å². The summed E-state index contributed by atoms with van der Waals surface area (Å²) in [5, 5.41) is 3.70. The van der Waals surface area contributed by atoms with E-state index in [0.29, 0.717) is 22.6 Å². The average Bonchev–Trinajstić information content (AvgIpc) is 2.71. The van der Waals surface area contributed by atoms with Gasteiger partial charge in [-0.15, -0.1) is 0 Å². The molecule has 4 rings (SSSR count). The van der Waals surface area contributed by atoms with Gasteiger partial charge in [-0.25, -0.2) is 0 Å². The van der Waals surface area contributed by atoms with E-state index in [9.17, 15) is 9.59 Å². The Kier molecular flexibility index (Phi) is 5.62. The molecule has 0 spiro atoms. The SMILES string of the molecule is Cc1cccc(NC(=O)C2CCC(Cn3c(=S)[nH]c4ccccc4c3=O)CC2)c1. The average molecular weight is 408 g/mol. The molecule has 1 amide bonds. The second-order valence-electron chi connectivity index (χ2n) is 7.97. The summed E-state index contributed by atoms with van der Waals surface area (Å²) in [6, 6.07) is 15.3. The van der Waals surface area contributed by atoms with E-state index in [1.54, 1.807) is 4.57 Å². The Morgan fingerprint density at radius 3 is 2.66 bits per heavy atom. The summed E-state index contributed by atoms with van der Waals surface area (Å²) >= 11 is 5.43. The number of hydrogen-bond acceptors (Lipinski definition) is 3. The van der Waals surface area contributed by atoms with Gasteiger partial charge in [-0.2, -0.15) is 0 Å². The molecule has 0 bridgehead atoms. The Bertz CT molecular complexity index is 1160. The zero-order valence-corrected chi connectivity index (χ0v) is 17.3. The van der Waals surface area contributed by atoms with Crippen molar-refractivity contribution in [2.45, 2.75) is 39.2 Å². The first-order chi connectivity index (χ1) is 14.0. The highest BCUT2D eigenvalue weighted by molar-refractivity contribution is 7.71. The van der Waals surface area contributed by atoms with Gasteiger partial charge in [0, 0.05) is 18.2 Å². The van der Waals surface area contributed by atoms with Crippen LogP contribution in [0.2, 0.25) is 0 Å². The molecule has 0 saturated heterocycles. The third-order valence-corrected chi connectivity index (χ3v) is 6.16. The normalized spacial score (nSPS) is 19.2. The van der Waals surface area contributed by atoms with Crippen LogP contribution in [0.1, 0.15) is 31.2 Å². The lowest BCUT2D eigenvalue weighted by Gasteiger charge is -2.28. The Balaban J connectivity index is 1.40. The number of benzene rings is 2. The summed E-state index contributed by atoms with van der Waals surface area (Å²) in [5.74, 6) is 0.468. The molecular formula is C23H25N3O2S. The van der Waals surface area contributed by atoms with Crippen LogP contribution in [0.5, 0.6) is 0 Å². The molecular weight excluding hydrogens is 382 g/mol. The van der Waals surface area contributed by atoms with Crippen molar-refractivity contribution in [1.82, 2.24) is 9.55 Å². The second kappa shape index (κ2) is 8.33. The van der Waals surface area contributed by atoms with Gasteiger partial charge in [0.15, 0.2) is 4.77 Å². The number of anilines is 1. The van der Waals surface area contributed by atoms with E-state index < -0.39 is 0 Å². The Labute approximate surface area is 174 Å². The van der Waals surface area contributed by atoms with Crippen LogP contribution >= 0.6 is 12.2 Å². The molecule has 1 aliphatic carbocycles. The van der Waals surface area contributed by atoms with Gasteiger partial charge in [-0.3, -0.25) is 14.2 Å². The van der Waals surface area contributed by atoms with Gasteiger partial charge in [0.25, 0.3) is 5.56 Å². The topological polar surface area (TPSA) is 66.9 Å². The number of carbonyl (C=O) groups excluding carboxylic acids is 1. The lowest BCUT2D eigenvalue weighted by molar-refractivity contribution is -0.121. The summed E-state index contributed by atoms with van der Waals surface area (Å²) in [4.78, 5) is 28.6. The number of aromatic amines is 1. The molecule has 1 saturated carbocycles. The number of amides is 1. The van der Waals surface area contributed by atoms with Gasteiger partial charge in [0.2, 0.25) is 5.91 Å². The van der Waals surface area contributed by atoms with Gasteiger partial charge in [0.1, 0.15) is 0 Å². The number of rotatable bonds is 4. The molecule has 1 heterocycles. The Hall–Kier alpha value is -2.73. The van der Waals surface area contributed by atoms with E-state index in [1.807, 2.05) is 55.5 Å². The third-order valence-electron chi connectivity index (χ3n) is 5.83. The zero-order valence-electron chi connectivity index (χ0n) is 16.5. The predicted molar refractivity (Wildman–Crippen MR) is 119 cm³/mol. The minimum atomic E-state index is -0.0383. The van der Waals surface area contributed by atoms with E-state index >= 15 is 0 Å². The molecule has 0 radical (unpaired) electrons. The highest BCUT2D eigenvalue weighted by Gasteiger charge is 2.27. The number of H-pyrrole nitrogens is 1. The van der Waals surface area contributed by atoms with Crippen LogP contribution in [0.3, 0.4) is 0 Å². The molecule has 150 valence electrons. The van der Waals surface area contributed by atoms with Crippen LogP contribution in [-0.4, -0.2) is 15.5 Å². The van der Waals surface area contributed by atoms with Gasteiger partial charge < -0.3 is 10.3 Å². The largest absolute Gasteiger partial charge is 0.332 e. The first-order valence-corrected chi connectivity index (χ1v) is 10.5. The van der Waals surface area contributed by atoms with Gasteiger partial charge >= 0.3 is 0 Å². The summed E-state index contributed by atoms with van der Waals surface area (Å²) in [5.41, 5.74) is 2.72. The Morgan fingerprint density at radius 1 is 1.14 bits per heavy atom. The van der Waals surface area contributed by atoms with E-state index in [2.05, 4.69) is 10.3 Å². The molecule has 2 aromatic carbocycles. The number of aromatic nitrogens is 2. The molecule has 1 aliphatic rings. The highest BCUT2D eigenvalue weighted by Crippen LogP contribution is 2.30. The lowest BCUT2D eigenvalue weighted by atomic mass is 9.81. The van der Waals surface area contributed by atoms with Crippen LogP contribution in [0, 0.1) is 23.5 Å². The number of fused-ring (bicyclic) bond motifs is 1. The second-order valence-corrected chi connectivity index (χ2v) is 8.35. The molecule has 3 aromatic rings. The molecule has 0 aliphatic heterocycles. The van der Waals surface area contributed by atoms with Crippen molar-refractivity contribution in [3.05, 3.63) is 69.2 Å². The van der Waals surface area contributed by atoms with Crippen LogP contribution in [0.15, 0.2) is 53.3 Å². The molecule has 5 nitrogen and oxygen atoms in total. The molecule has 29 heavy (non-hydrogen) atoms. The quantitative estimate of drug-likeness (QED) is 0.610. The third kappa shape index (κ3) is 4.32. The van der Waals surface area contributed by atoms with Crippen molar-refractivity contribution in [2.24, 2.45) is 11.8 Å². The molecule has 1 aromatic heterocycles. The van der Waals surface area contributed by atoms with Crippen molar-refractivity contribution < 1.29 is 4.79 Å². The van der Waals surface area contributed by atoms with Gasteiger partial charge in [0.05, 0.1) is 10.9 Å². The van der Waals surface area contributed by atoms with E-state index in [4.69, 9.17) is 12.2 Å². The fourth-order valence-corrected chi connectivity index (χ4v) is 4.46. The maximum atomic E-state index is 12.8. The maximum absolute atomic E-state index is 12.8. The molecule has 2 N–H and O–H groups in total. The van der Waals surface area contributed by atoms with Gasteiger partial charge in [-0.1, -0.05) is 24.3 Å². The minimum Gasteiger partial charge on any atom is -0.332 e. The van der Waals surface area contributed by atoms with E-state index in [-0.39, 0.29) is 17.4 Å². The number of hydrogen-bond donors (Lipinski definition) is 2. The summed E-state index contributed by atoms with van der Waals surface area (Å²) in [7, 11) is 0. The smallest absolute Gasteiger partial charge is 0.262 e. The summed E-state index contributed by atoms with van der Waals surface area (Å²) < 4.78 is 2.14. The zero-order chi connectivity index (χ0) is 20.4. The number of para-hydroxylation sites is 1. The van der Waals surface area contributed by atoms with Crippen molar-refractivity contribution in [3.63, 3.8) is 0 Å². The number of nitrogens with zero attached hydrogens (tertiary/aromatic N) is 1. The summed E-state index contributed by atoms with van der Waals surface area (Å²) in [6.07, 6.45) is 3.50. The van der Waals surface area contributed by atoms with Crippen LogP contribution in [0.25, 0.3) is 10.9 Å². The fraction of sp³-hybridized carbons (Fsp3) is 0.348. The van der Waals surface area contributed by atoms with Crippen LogP contribution < -0.4 is 10.9 Å². The summed E-state index contributed by atoms with van der Waals surface area (Å²) in [6.45, 7) is 2.62. The van der Waals surface area contributed by atoms with Crippen molar-refractivity contribution in [3.8, 4) is 0 Å². The maximum Gasteiger partial charge on any atom is 0.262 e. The molecule has 6 heteroatoms. The van der Waals surface area contributed by atoms with Crippen LogP contribution in [0.4, 0.5) is 5.69 Å². The Morgan fingerprint density at radius 2 is 1.90 bits per heavy atom. The number of aryl methyl sites for hydroxylation is 1. The predicted octanol–water partition coefficient (Wildman–Crippen LogP) is 4.81. The van der Waals surface area contributed by atoms with Crippen molar-refractivity contribution in [2.75, 3.05) is 5.32 Å². The number of nitrogens with one attached hydrogen (secondary N) is 2. The standard InChI is InChI=1S/C23H25N3O2S/c1-15-5-4-6-18(13-15)24-21(27)17-11-9-16(10-12-17)14-26-22(28)19-7-2-3-8-20(19)25-23(26)29/h2-8,13,16-17H,9-12,14H2,1H3,(H,24,27)(H,25,29).